The first-order chi connectivity index (χ1) is 11.8. The zero-order valence-electron chi connectivity index (χ0n) is 14.6. The maximum absolute atomic E-state index is 11.8. The molecule has 128 valence electrons. The van der Waals surface area contributed by atoms with Gasteiger partial charge >= 0.3 is 0 Å². The number of carbonyl (C=O) groups excluding carboxylic acids is 2. The first-order valence-corrected chi connectivity index (χ1v) is 9.37. The standard InChI is InChI=1S/C21H20O2S2/c1-13(2)20(22)24-18-9-6-16(7-10-18)17-8-11-19(15(5)12-17)25-21(23)14(3)4/h6-12H,1,3H2,2,4-5H3. The summed E-state index contributed by atoms with van der Waals surface area (Å²) in [7, 11) is 0. The molecule has 25 heavy (non-hydrogen) atoms. The average Bonchev–Trinajstić information content (AvgIpc) is 2.57. The Hall–Kier alpha value is -2.04. The van der Waals surface area contributed by atoms with Crippen molar-refractivity contribution in [3.8, 4) is 11.1 Å². The zero-order chi connectivity index (χ0) is 18.6. The van der Waals surface area contributed by atoms with Gasteiger partial charge in [-0.25, -0.2) is 0 Å². The second-order valence-corrected chi connectivity index (χ2v) is 7.91. The molecule has 0 saturated heterocycles. The fourth-order valence-corrected chi connectivity index (χ4v) is 3.43. The van der Waals surface area contributed by atoms with E-state index in [9.17, 15) is 9.59 Å². The molecular formula is C21H20O2S2. The van der Waals surface area contributed by atoms with E-state index in [1.807, 2.05) is 43.3 Å². The highest BCUT2D eigenvalue weighted by Crippen LogP contribution is 2.31. The van der Waals surface area contributed by atoms with Crippen LogP contribution in [0, 0.1) is 6.92 Å². The molecule has 4 heteroatoms. The number of hydrogen-bond acceptors (Lipinski definition) is 4. The van der Waals surface area contributed by atoms with Gasteiger partial charge in [0.2, 0.25) is 10.2 Å². The van der Waals surface area contributed by atoms with Gasteiger partial charge < -0.3 is 0 Å². The van der Waals surface area contributed by atoms with Crippen molar-refractivity contribution in [3.63, 3.8) is 0 Å². The number of aryl methyl sites for hydroxylation is 1. The van der Waals surface area contributed by atoms with Crippen LogP contribution in [-0.4, -0.2) is 10.2 Å². The number of carbonyl (C=O) groups is 2. The molecule has 0 unspecified atom stereocenters. The second-order valence-electron chi connectivity index (χ2n) is 5.84. The van der Waals surface area contributed by atoms with Gasteiger partial charge in [-0.2, -0.15) is 0 Å². The normalized spacial score (nSPS) is 10.4. The lowest BCUT2D eigenvalue weighted by molar-refractivity contribution is -0.108. The van der Waals surface area contributed by atoms with Gasteiger partial charge in [-0.05, 0) is 90.3 Å². The van der Waals surface area contributed by atoms with Gasteiger partial charge in [0.05, 0.1) is 0 Å². The maximum atomic E-state index is 11.8. The molecule has 2 aromatic carbocycles. The summed E-state index contributed by atoms with van der Waals surface area (Å²) in [5.74, 6) is 0. The van der Waals surface area contributed by atoms with Gasteiger partial charge in [-0.15, -0.1) is 0 Å². The molecule has 2 aromatic rings. The van der Waals surface area contributed by atoms with E-state index in [0.29, 0.717) is 11.1 Å². The van der Waals surface area contributed by atoms with Crippen molar-refractivity contribution < 1.29 is 9.59 Å². The van der Waals surface area contributed by atoms with Crippen molar-refractivity contribution in [2.75, 3.05) is 0 Å². The topological polar surface area (TPSA) is 34.1 Å². The van der Waals surface area contributed by atoms with Crippen molar-refractivity contribution in [1.82, 2.24) is 0 Å². The molecule has 2 rings (SSSR count). The molecule has 0 amide bonds. The Morgan fingerprint density at radius 2 is 1.32 bits per heavy atom. The highest BCUT2D eigenvalue weighted by atomic mass is 32.2. The van der Waals surface area contributed by atoms with Crippen molar-refractivity contribution in [3.05, 3.63) is 72.3 Å². The van der Waals surface area contributed by atoms with Crippen LogP contribution in [0.2, 0.25) is 0 Å². The van der Waals surface area contributed by atoms with Gasteiger partial charge in [0.25, 0.3) is 0 Å². The molecule has 0 radical (unpaired) electrons. The Labute approximate surface area is 157 Å². The van der Waals surface area contributed by atoms with Crippen LogP contribution in [0.15, 0.2) is 76.6 Å². The van der Waals surface area contributed by atoms with Gasteiger partial charge in [0.15, 0.2) is 0 Å². The number of hydrogen-bond donors (Lipinski definition) is 0. The highest BCUT2D eigenvalue weighted by Gasteiger charge is 2.10. The van der Waals surface area contributed by atoms with E-state index in [0.717, 1.165) is 26.5 Å². The third-order valence-corrected chi connectivity index (χ3v) is 5.73. The SMILES string of the molecule is C=C(C)C(=O)Sc1ccc(-c2ccc(SC(=O)C(=C)C)c(C)c2)cc1. The maximum Gasteiger partial charge on any atom is 0.219 e. The van der Waals surface area contributed by atoms with Crippen molar-refractivity contribution in [2.45, 2.75) is 30.6 Å². The van der Waals surface area contributed by atoms with Crippen LogP contribution < -0.4 is 0 Å². The first-order valence-electron chi connectivity index (χ1n) is 7.74. The van der Waals surface area contributed by atoms with E-state index in [-0.39, 0.29) is 10.2 Å². The lowest BCUT2D eigenvalue weighted by atomic mass is 10.0. The molecule has 0 spiro atoms. The number of rotatable bonds is 5. The fourth-order valence-electron chi connectivity index (χ4n) is 2.04. The Bertz CT molecular complexity index is 849. The average molecular weight is 369 g/mol. The highest BCUT2D eigenvalue weighted by molar-refractivity contribution is 8.14. The lowest BCUT2D eigenvalue weighted by Gasteiger charge is -2.09. The Balaban J connectivity index is 2.18. The van der Waals surface area contributed by atoms with Gasteiger partial charge in [-0.3, -0.25) is 9.59 Å². The van der Waals surface area contributed by atoms with Crippen LogP contribution in [-0.2, 0) is 9.59 Å². The summed E-state index contributed by atoms with van der Waals surface area (Å²) in [6.07, 6.45) is 0. The van der Waals surface area contributed by atoms with Gasteiger partial charge in [0.1, 0.15) is 0 Å². The summed E-state index contributed by atoms with van der Waals surface area (Å²) in [5.41, 5.74) is 4.28. The fraction of sp³-hybridized carbons (Fsp3) is 0.143. The Kier molecular flexibility index (Phi) is 6.45. The smallest absolute Gasteiger partial charge is 0.219 e. The largest absolute Gasteiger partial charge is 0.282 e. The molecular weight excluding hydrogens is 348 g/mol. The monoisotopic (exact) mass is 368 g/mol. The summed E-state index contributed by atoms with van der Waals surface area (Å²) >= 11 is 2.39. The number of benzene rings is 2. The van der Waals surface area contributed by atoms with Crippen LogP contribution in [0.3, 0.4) is 0 Å². The summed E-state index contributed by atoms with van der Waals surface area (Å²) in [5, 5.41) is -0.0356. The molecule has 0 aliphatic carbocycles. The third kappa shape index (κ3) is 5.21. The Morgan fingerprint density at radius 3 is 1.84 bits per heavy atom. The third-order valence-electron chi connectivity index (χ3n) is 3.47. The summed E-state index contributed by atoms with van der Waals surface area (Å²) in [6, 6.07) is 13.9. The molecule has 0 atom stereocenters. The van der Waals surface area contributed by atoms with Crippen molar-refractivity contribution in [2.24, 2.45) is 0 Å². The zero-order valence-corrected chi connectivity index (χ0v) is 16.2. The van der Waals surface area contributed by atoms with Crippen LogP contribution >= 0.6 is 23.5 Å². The minimum absolute atomic E-state index is 0.0144. The van der Waals surface area contributed by atoms with E-state index in [1.165, 1.54) is 23.5 Å². The minimum Gasteiger partial charge on any atom is -0.282 e. The van der Waals surface area contributed by atoms with Crippen LogP contribution in [0.4, 0.5) is 0 Å². The summed E-state index contributed by atoms with van der Waals surface area (Å²) in [6.45, 7) is 12.8. The predicted molar refractivity (Wildman–Crippen MR) is 108 cm³/mol. The molecule has 0 heterocycles. The molecule has 0 fully saturated rings. The van der Waals surface area contributed by atoms with Crippen molar-refractivity contribution >= 4 is 33.8 Å². The van der Waals surface area contributed by atoms with E-state index < -0.39 is 0 Å². The Morgan fingerprint density at radius 1 is 0.800 bits per heavy atom. The minimum atomic E-state index is -0.0212. The molecule has 0 bridgehead atoms. The molecule has 0 aromatic heterocycles. The van der Waals surface area contributed by atoms with Crippen LogP contribution in [0.1, 0.15) is 19.4 Å². The van der Waals surface area contributed by atoms with E-state index in [1.54, 1.807) is 13.8 Å². The number of thioether (sulfide) groups is 2. The van der Waals surface area contributed by atoms with E-state index in [2.05, 4.69) is 19.2 Å². The van der Waals surface area contributed by atoms with E-state index >= 15 is 0 Å². The summed E-state index contributed by atoms with van der Waals surface area (Å²) < 4.78 is 0. The molecule has 0 N–H and O–H groups in total. The quantitative estimate of drug-likeness (QED) is 0.475. The molecule has 2 nitrogen and oxygen atoms in total. The summed E-state index contributed by atoms with van der Waals surface area (Å²) in [4.78, 5) is 25.4. The van der Waals surface area contributed by atoms with E-state index in [4.69, 9.17) is 0 Å². The van der Waals surface area contributed by atoms with Gasteiger partial charge in [-0.1, -0.05) is 37.4 Å². The van der Waals surface area contributed by atoms with Crippen LogP contribution in [0.25, 0.3) is 11.1 Å². The van der Waals surface area contributed by atoms with Crippen molar-refractivity contribution in [1.29, 1.82) is 0 Å². The molecule has 0 aliphatic heterocycles. The first kappa shape index (κ1) is 19.3. The van der Waals surface area contributed by atoms with Crippen LogP contribution in [0.5, 0.6) is 0 Å². The predicted octanol–water partition coefficient (Wildman–Crippen LogP) is 6.05. The second kappa shape index (κ2) is 8.37. The molecule has 0 aliphatic rings. The molecule has 0 saturated carbocycles. The van der Waals surface area contributed by atoms with Gasteiger partial charge in [0, 0.05) is 9.79 Å². The lowest BCUT2D eigenvalue weighted by Crippen LogP contribution is -1.93.